The Balaban J connectivity index is 1.36. The molecule has 0 atom stereocenters. The predicted molar refractivity (Wildman–Crippen MR) is 149 cm³/mol. The molecule has 0 saturated carbocycles. The zero-order valence-electron chi connectivity index (χ0n) is 21.9. The van der Waals surface area contributed by atoms with Gasteiger partial charge >= 0.3 is 0 Å². The van der Waals surface area contributed by atoms with E-state index in [0.717, 1.165) is 31.2 Å². The van der Waals surface area contributed by atoms with Gasteiger partial charge in [0.1, 0.15) is 18.1 Å². The SMILES string of the molecule is COc1ccc2c(c1)c(C)c(-c1ccc(C)cc1)n2Cc1ccc(OCCN2CCCCCC2)cc1. The van der Waals surface area contributed by atoms with Crippen molar-refractivity contribution in [2.75, 3.05) is 33.4 Å². The number of hydrogen-bond donors (Lipinski definition) is 0. The molecular formula is C32H38N2O2. The van der Waals surface area contributed by atoms with Crippen LogP contribution in [-0.2, 0) is 6.54 Å². The molecule has 1 saturated heterocycles. The molecule has 1 aliphatic heterocycles. The van der Waals surface area contributed by atoms with Crippen LogP contribution in [0, 0.1) is 13.8 Å². The van der Waals surface area contributed by atoms with Gasteiger partial charge < -0.3 is 14.0 Å². The normalized spacial score (nSPS) is 14.6. The Morgan fingerprint density at radius 2 is 1.47 bits per heavy atom. The van der Waals surface area contributed by atoms with Crippen LogP contribution in [0.25, 0.3) is 22.2 Å². The third kappa shape index (κ3) is 5.44. The summed E-state index contributed by atoms with van der Waals surface area (Å²) in [5.74, 6) is 1.84. The first kappa shape index (κ1) is 24.5. The van der Waals surface area contributed by atoms with Gasteiger partial charge in [-0.15, -0.1) is 0 Å². The summed E-state index contributed by atoms with van der Waals surface area (Å²) in [5, 5.41) is 1.23. The molecule has 0 spiro atoms. The smallest absolute Gasteiger partial charge is 0.119 e. The predicted octanol–water partition coefficient (Wildman–Crippen LogP) is 7.24. The minimum absolute atomic E-state index is 0.750. The van der Waals surface area contributed by atoms with Gasteiger partial charge in [-0.3, -0.25) is 4.90 Å². The lowest BCUT2D eigenvalue weighted by Crippen LogP contribution is -2.29. The maximum Gasteiger partial charge on any atom is 0.119 e. The average molecular weight is 483 g/mol. The molecule has 0 aliphatic carbocycles. The van der Waals surface area contributed by atoms with E-state index in [1.54, 1.807) is 7.11 Å². The molecule has 0 unspecified atom stereocenters. The van der Waals surface area contributed by atoms with Crippen molar-refractivity contribution in [1.82, 2.24) is 9.47 Å². The lowest BCUT2D eigenvalue weighted by molar-refractivity contribution is 0.214. The Bertz CT molecular complexity index is 1280. The second-order valence-electron chi connectivity index (χ2n) is 10.1. The quantitative estimate of drug-likeness (QED) is 0.265. The molecule has 4 aromatic rings. The lowest BCUT2D eigenvalue weighted by atomic mass is 10.0. The standard InChI is InChI=1S/C32H38N2O2/c1-24-8-12-27(13-9-24)32-25(2)30-22-29(35-3)16-17-31(30)34(32)23-26-10-14-28(15-11-26)36-21-20-33-18-6-4-5-7-19-33/h8-17,22H,4-7,18-21,23H2,1-3H3. The van der Waals surface area contributed by atoms with E-state index >= 15 is 0 Å². The van der Waals surface area contributed by atoms with Crippen LogP contribution >= 0.6 is 0 Å². The fraction of sp³-hybridized carbons (Fsp3) is 0.375. The molecule has 188 valence electrons. The van der Waals surface area contributed by atoms with E-state index in [1.807, 2.05) is 0 Å². The van der Waals surface area contributed by atoms with Gasteiger partial charge in [0, 0.05) is 24.0 Å². The number of benzene rings is 3. The summed E-state index contributed by atoms with van der Waals surface area (Å²) in [5.41, 5.74) is 7.53. The monoisotopic (exact) mass is 482 g/mol. The third-order valence-corrected chi connectivity index (χ3v) is 7.49. The zero-order chi connectivity index (χ0) is 24.9. The number of methoxy groups -OCH3 is 1. The maximum atomic E-state index is 6.10. The molecular weight excluding hydrogens is 444 g/mol. The molecule has 4 nitrogen and oxygen atoms in total. The fourth-order valence-corrected chi connectivity index (χ4v) is 5.40. The molecule has 1 aliphatic rings. The van der Waals surface area contributed by atoms with Crippen LogP contribution in [0.3, 0.4) is 0 Å². The molecule has 4 heteroatoms. The molecule has 0 bridgehead atoms. The van der Waals surface area contributed by atoms with Crippen LogP contribution in [0.5, 0.6) is 11.5 Å². The van der Waals surface area contributed by atoms with E-state index in [0.29, 0.717) is 0 Å². The maximum absolute atomic E-state index is 6.10. The molecule has 2 heterocycles. The summed E-state index contributed by atoms with van der Waals surface area (Å²) in [7, 11) is 1.73. The Kier molecular flexibility index (Phi) is 7.62. The number of aromatic nitrogens is 1. The Hall–Kier alpha value is -3.24. The second-order valence-corrected chi connectivity index (χ2v) is 10.1. The molecule has 0 amide bonds. The van der Waals surface area contributed by atoms with Crippen molar-refractivity contribution in [3.8, 4) is 22.8 Å². The van der Waals surface area contributed by atoms with E-state index < -0.39 is 0 Å². The molecule has 1 aromatic heterocycles. The Labute approximate surface area is 215 Å². The molecule has 3 aromatic carbocycles. The van der Waals surface area contributed by atoms with Crippen LogP contribution in [0.1, 0.15) is 42.4 Å². The van der Waals surface area contributed by atoms with E-state index in [4.69, 9.17) is 9.47 Å². The number of likely N-dealkylation sites (tertiary alicyclic amines) is 1. The van der Waals surface area contributed by atoms with Crippen molar-refractivity contribution in [3.05, 3.63) is 83.4 Å². The van der Waals surface area contributed by atoms with Gasteiger partial charge in [0.2, 0.25) is 0 Å². The number of ether oxygens (including phenoxy) is 2. The van der Waals surface area contributed by atoms with Crippen molar-refractivity contribution in [3.63, 3.8) is 0 Å². The van der Waals surface area contributed by atoms with Crippen molar-refractivity contribution >= 4 is 10.9 Å². The van der Waals surface area contributed by atoms with E-state index in [1.165, 1.54) is 77.6 Å². The van der Waals surface area contributed by atoms with Crippen LogP contribution in [-0.4, -0.2) is 42.8 Å². The van der Waals surface area contributed by atoms with Gasteiger partial charge in [0.25, 0.3) is 0 Å². The van der Waals surface area contributed by atoms with Gasteiger partial charge in [-0.05, 0) is 86.8 Å². The fourth-order valence-electron chi connectivity index (χ4n) is 5.40. The summed E-state index contributed by atoms with van der Waals surface area (Å²) in [6.45, 7) is 9.33. The van der Waals surface area contributed by atoms with Gasteiger partial charge in [-0.25, -0.2) is 0 Å². The number of fused-ring (bicyclic) bond motifs is 1. The van der Waals surface area contributed by atoms with E-state index in [2.05, 4.69) is 90.0 Å². The van der Waals surface area contributed by atoms with Crippen molar-refractivity contribution in [2.45, 2.75) is 46.1 Å². The summed E-state index contributed by atoms with van der Waals surface area (Å²) in [6.07, 6.45) is 5.38. The first-order chi connectivity index (χ1) is 17.6. The lowest BCUT2D eigenvalue weighted by Gasteiger charge is -2.19. The summed E-state index contributed by atoms with van der Waals surface area (Å²) in [6, 6.07) is 23.9. The summed E-state index contributed by atoms with van der Waals surface area (Å²) >= 11 is 0. The van der Waals surface area contributed by atoms with Crippen LogP contribution in [0.4, 0.5) is 0 Å². The highest BCUT2D eigenvalue weighted by Crippen LogP contribution is 2.36. The summed E-state index contributed by atoms with van der Waals surface area (Å²) < 4.78 is 14.1. The van der Waals surface area contributed by atoms with Crippen LogP contribution in [0.15, 0.2) is 66.7 Å². The van der Waals surface area contributed by atoms with Crippen molar-refractivity contribution in [1.29, 1.82) is 0 Å². The van der Waals surface area contributed by atoms with Crippen molar-refractivity contribution < 1.29 is 9.47 Å². The highest BCUT2D eigenvalue weighted by molar-refractivity contribution is 5.92. The van der Waals surface area contributed by atoms with Gasteiger partial charge in [-0.2, -0.15) is 0 Å². The topological polar surface area (TPSA) is 26.6 Å². The molecule has 0 radical (unpaired) electrons. The first-order valence-corrected chi connectivity index (χ1v) is 13.3. The van der Waals surface area contributed by atoms with E-state index in [-0.39, 0.29) is 0 Å². The number of hydrogen-bond acceptors (Lipinski definition) is 3. The van der Waals surface area contributed by atoms with Crippen LogP contribution < -0.4 is 9.47 Å². The minimum Gasteiger partial charge on any atom is -0.497 e. The van der Waals surface area contributed by atoms with Gasteiger partial charge in [-0.1, -0.05) is 54.8 Å². The molecule has 5 rings (SSSR count). The highest BCUT2D eigenvalue weighted by atomic mass is 16.5. The number of aryl methyl sites for hydroxylation is 2. The third-order valence-electron chi connectivity index (χ3n) is 7.49. The molecule has 0 N–H and O–H groups in total. The average Bonchev–Trinajstić information content (AvgIpc) is 3.05. The highest BCUT2D eigenvalue weighted by Gasteiger charge is 2.17. The largest absolute Gasteiger partial charge is 0.497 e. The van der Waals surface area contributed by atoms with Crippen LogP contribution in [0.2, 0.25) is 0 Å². The number of rotatable bonds is 8. The molecule has 1 fully saturated rings. The van der Waals surface area contributed by atoms with Gasteiger partial charge in [0.05, 0.1) is 12.8 Å². The zero-order valence-corrected chi connectivity index (χ0v) is 21.9. The Morgan fingerprint density at radius 1 is 0.778 bits per heavy atom. The number of nitrogens with zero attached hydrogens (tertiary/aromatic N) is 2. The Morgan fingerprint density at radius 3 is 2.17 bits per heavy atom. The molecule has 36 heavy (non-hydrogen) atoms. The van der Waals surface area contributed by atoms with Crippen molar-refractivity contribution in [2.24, 2.45) is 0 Å². The second kappa shape index (κ2) is 11.2. The minimum atomic E-state index is 0.750. The van der Waals surface area contributed by atoms with Gasteiger partial charge in [0.15, 0.2) is 0 Å². The first-order valence-electron chi connectivity index (χ1n) is 13.3. The van der Waals surface area contributed by atoms with E-state index in [9.17, 15) is 0 Å². The summed E-state index contributed by atoms with van der Waals surface area (Å²) in [4.78, 5) is 2.54.